The first-order chi connectivity index (χ1) is 17.0. The van der Waals surface area contributed by atoms with E-state index in [1.54, 1.807) is 12.1 Å². The summed E-state index contributed by atoms with van der Waals surface area (Å²) in [6.45, 7) is 8.68. The van der Waals surface area contributed by atoms with E-state index >= 15 is 0 Å². The zero-order valence-electron chi connectivity index (χ0n) is 20.7. The first kappa shape index (κ1) is 23.7. The van der Waals surface area contributed by atoms with Crippen LogP contribution in [0.5, 0.6) is 0 Å². The molecular formula is C27H35FN6O. The van der Waals surface area contributed by atoms with Gasteiger partial charge in [0.25, 0.3) is 0 Å². The smallest absolute Gasteiger partial charge is 0.223 e. The van der Waals surface area contributed by atoms with Crippen molar-refractivity contribution in [3.05, 3.63) is 47.9 Å². The average molecular weight is 479 g/mol. The fourth-order valence-electron chi connectivity index (χ4n) is 5.39. The van der Waals surface area contributed by atoms with E-state index in [0.717, 1.165) is 74.0 Å². The van der Waals surface area contributed by atoms with E-state index in [1.807, 2.05) is 17.5 Å². The minimum absolute atomic E-state index is 0.0517. The molecule has 1 atom stereocenters. The largest absolute Gasteiger partial charge is 0.356 e. The minimum atomic E-state index is -0.264. The van der Waals surface area contributed by atoms with Crippen molar-refractivity contribution in [2.75, 3.05) is 37.6 Å². The number of piperidine rings is 2. The monoisotopic (exact) mass is 478 g/mol. The molecule has 35 heavy (non-hydrogen) atoms. The van der Waals surface area contributed by atoms with Crippen LogP contribution in [0, 0.1) is 18.7 Å². The first-order valence-electron chi connectivity index (χ1n) is 12.9. The van der Waals surface area contributed by atoms with E-state index in [0.29, 0.717) is 6.04 Å². The molecule has 2 aromatic heterocycles. The van der Waals surface area contributed by atoms with E-state index in [1.165, 1.54) is 31.4 Å². The van der Waals surface area contributed by atoms with Crippen LogP contribution >= 0.6 is 0 Å². The van der Waals surface area contributed by atoms with Gasteiger partial charge >= 0.3 is 0 Å². The molecule has 186 valence electrons. The van der Waals surface area contributed by atoms with Gasteiger partial charge in [0.15, 0.2) is 5.65 Å². The molecular weight excluding hydrogens is 443 g/mol. The number of carbonyl (C=O) groups excluding carboxylic acids is 1. The topological polar surface area (TPSA) is 65.8 Å². The standard InChI is InChI=1S/C27H35FN6O/c1-19-17-26(34-25(30-19)18-24(31-34)21-6-8-23(28)9-7-21)33-14-10-22(11-15-33)27(35)29-12-16-32-13-4-3-5-20(32)2/h6-9,17-18,20,22H,3-5,10-16H2,1-2H3,(H,29,35)/t20-/m0/s1. The number of amides is 1. The minimum Gasteiger partial charge on any atom is -0.356 e. The molecule has 0 unspecified atom stereocenters. The van der Waals surface area contributed by atoms with Gasteiger partial charge in [-0.15, -0.1) is 0 Å². The number of rotatable bonds is 6. The number of likely N-dealkylation sites (tertiary alicyclic amines) is 1. The summed E-state index contributed by atoms with van der Waals surface area (Å²) in [5.74, 6) is 0.956. The van der Waals surface area contributed by atoms with Gasteiger partial charge in [0.2, 0.25) is 5.91 Å². The van der Waals surface area contributed by atoms with Gasteiger partial charge in [-0.3, -0.25) is 9.69 Å². The van der Waals surface area contributed by atoms with Gasteiger partial charge in [0.1, 0.15) is 11.6 Å². The lowest BCUT2D eigenvalue weighted by Gasteiger charge is -2.34. The van der Waals surface area contributed by atoms with Gasteiger partial charge in [-0.1, -0.05) is 6.42 Å². The van der Waals surface area contributed by atoms with E-state index < -0.39 is 0 Å². The summed E-state index contributed by atoms with van der Waals surface area (Å²) in [7, 11) is 0. The highest BCUT2D eigenvalue weighted by Crippen LogP contribution is 2.27. The number of nitrogens with zero attached hydrogens (tertiary/aromatic N) is 5. The molecule has 8 heteroatoms. The molecule has 0 saturated carbocycles. The second-order valence-electron chi connectivity index (χ2n) is 10.00. The van der Waals surface area contributed by atoms with Gasteiger partial charge < -0.3 is 10.2 Å². The van der Waals surface area contributed by atoms with Crippen LogP contribution in [0.2, 0.25) is 0 Å². The fraction of sp³-hybridized carbons (Fsp3) is 0.519. The van der Waals surface area contributed by atoms with E-state index in [-0.39, 0.29) is 17.6 Å². The normalized spacial score (nSPS) is 19.9. The molecule has 0 bridgehead atoms. The Morgan fingerprint density at radius 1 is 1.09 bits per heavy atom. The highest BCUT2D eigenvalue weighted by molar-refractivity contribution is 5.79. The molecule has 2 aliphatic rings. The van der Waals surface area contributed by atoms with E-state index in [9.17, 15) is 9.18 Å². The van der Waals surface area contributed by atoms with E-state index in [4.69, 9.17) is 5.10 Å². The summed E-state index contributed by atoms with van der Waals surface area (Å²) in [5, 5.41) is 7.97. The van der Waals surface area contributed by atoms with Gasteiger partial charge in [0.05, 0.1) is 5.69 Å². The Kier molecular flexibility index (Phi) is 7.00. The quantitative estimate of drug-likeness (QED) is 0.579. The Morgan fingerprint density at radius 2 is 1.86 bits per heavy atom. The number of anilines is 1. The van der Waals surface area contributed by atoms with Crippen LogP contribution in [0.15, 0.2) is 36.4 Å². The van der Waals surface area contributed by atoms with Crippen LogP contribution < -0.4 is 10.2 Å². The molecule has 1 aromatic carbocycles. The van der Waals surface area contributed by atoms with Crippen molar-refractivity contribution in [3.8, 4) is 11.3 Å². The third kappa shape index (κ3) is 5.32. The van der Waals surface area contributed by atoms with Gasteiger partial charge in [-0.2, -0.15) is 9.61 Å². The molecule has 2 saturated heterocycles. The van der Waals surface area contributed by atoms with Crippen LogP contribution in [0.4, 0.5) is 10.2 Å². The molecule has 0 spiro atoms. The number of aromatic nitrogens is 3. The molecule has 2 aliphatic heterocycles. The first-order valence-corrected chi connectivity index (χ1v) is 12.9. The Balaban J connectivity index is 1.21. The molecule has 0 radical (unpaired) electrons. The number of carbonyl (C=O) groups is 1. The Bertz CT molecular complexity index is 1170. The molecule has 2 fully saturated rings. The highest BCUT2D eigenvalue weighted by Gasteiger charge is 2.27. The van der Waals surface area contributed by atoms with Crippen molar-refractivity contribution in [1.82, 2.24) is 24.8 Å². The van der Waals surface area contributed by atoms with Crippen LogP contribution in [-0.2, 0) is 4.79 Å². The molecule has 0 aliphatic carbocycles. The maximum atomic E-state index is 13.3. The molecule has 1 N–H and O–H groups in total. The summed E-state index contributed by atoms with van der Waals surface area (Å²) in [5.41, 5.74) is 3.31. The van der Waals surface area contributed by atoms with Crippen molar-refractivity contribution in [3.63, 3.8) is 0 Å². The summed E-state index contributed by atoms with van der Waals surface area (Å²) in [6.07, 6.45) is 5.48. The van der Waals surface area contributed by atoms with Crippen molar-refractivity contribution >= 4 is 17.4 Å². The molecule has 5 rings (SSSR count). The summed E-state index contributed by atoms with van der Waals surface area (Å²) >= 11 is 0. The third-order valence-electron chi connectivity index (χ3n) is 7.51. The lowest BCUT2D eigenvalue weighted by molar-refractivity contribution is -0.125. The number of fused-ring (bicyclic) bond motifs is 1. The van der Waals surface area contributed by atoms with Gasteiger partial charge in [0, 0.05) is 61.5 Å². The Morgan fingerprint density at radius 3 is 2.60 bits per heavy atom. The van der Waals surface area contributed by atoms with Crippen LogP contribution in [0.3, 0.4) is 0 Å². The lowest BCUT2D eigenvalue weighted by atomic mass is 9.96. The maximum absolute atomic E-state index is 13.3. The number of hydrogen-bond acceptors (Lipinski definition) is 5. The van der Waals surface area contributed by atoms with Gasteiger partial charge in [-0.25, -0.2) is 9.37 Å². The van der Waals surface area contributed by atoms with Crippen molar-refractivity contribution in [2.24, 2.45) is 5.92 Å². The zero-order valence-corrected chi connectivity index (χ0v) is 20.7. The Labute approximate surface area is 206 Å². The summed E-state index contributed by atoms with van der Waals surface area (Å²) < 4.78 is 15.2. The number of benzene rings is 1. The fourth-order valence-corrected chi connectivity index (χ4v) is 5.39. The lowest BCUT2D eigenvalue weighted by Crippen LogP contribution is -2.45. The van der Waals surface area contributed by atoms with E-state index in [2.05, 4.69) is 33.1 Å². The number of nitrogens with one attached hydrogen (secondary N) is 1. The van der Waals surface area contributed by atoms with Crippen molar-refractivity contribution in [2.45, 2.75) is 52.0 Å². The predicted octanol–water partition coefficient (Wildman–Crippen LogP) is 4.05. The third-order valence-corrected chi connectivity index (χ3v) is 7.51. The maximum Gasteiger partial charge on any atom is 0.223 e. The van der Waals surface area contributed by atoms with Crippen LogP contribution in [0.1, 0.15) is 44.7 Å². The number of aryl methyl sites for hydroxylation is 1. The van der Waals surface area contributed by atoms with Crippen LogP contribution in [-0.4, -0.2) is 64.2 Å². The van der Waals surface area contributed by atoms with Crippen LogP contribution in [0.25, 0.3) is 16.9 Å². The van der Waals surface area contributed by atoms with Crippen molar-refractivity contribution < 1.29 is 9.18 Å². The number of halogens is 1. The highest BCUT2D eigenvalue weighted by atomic mass is 19.1. The second kappa shape index (κ2) is 10.3. The predicted molar refractivity (Wildman–Crippen MR) is 136 cm³/mol. The molecule has 4 heterocycles. The molecule has 7 nitrogen and oxygen atoms in total. The zero-order chi connectivity index (χ0) is 24.4. The molecule has 1 amide bonds. The number of hydrogen-bond donors (Lipinski definition) is 1. The summed E-state index contributed by atoms with van der Waals surface area (Å²) in [6, 6.07) is 11.0. The SMILES string of the molecule is Cc1cc(N2CCC(C(=O)NCCN3CCCC[C@@H]3C)CC2)n2nc(-c3ccc(F)cc3)cc2n1. The van der Waals surface area contributed by atoms with Gasteiger partial charge in [-0.05, 0) is 70.3 Å². The molecule has 3 aromatic rings. The second-order valence-corrected chi connectivity index (χ2v) is 10.00. The average Bonchev–Trinajstić information content (AvgIpc) is 3.29. The van der Waals surface area contributed by atoms with Crippen molar-refractivity contribution in [1.29, 1.82) is 0 Å². The summed E-state index contributed by atoms with van der Waals surface area (Å²) in [4.78, 5) is 22.2. The Hall–Kier alpha value is -3.00.